The third-order valence-corrected chi connectivity index (χ3v) is 2.61. The molecule has 0 saturated heterocycles. The lowest BCUT2D eigenvalue weighted by molar-refractivity contribution is -0.0493. The number of ether oxygens (including phenoxy) is 1. The Morgan fingerprint density at radius 2 is 2.33 bits per heavy atom. The Morgan fingerprint density at radius 3 is 2.89 bits per heavy atom. The van der Waals surface area contributed by atoms with Crippen molar-refractivity contribution in [2.24, 2.45) is 4.99 Å². The molecule has 0 radical (unpaired) electrons. The van der Waals surface area contributed by atoms with Crippen LogP contribution in [0.15, 0.2) is 23.2 Å². The van der Waals surface area contributed by atoms with Gasteiger partial charge in [0.05, 0.1) is 5.02 Å². The fraction of sp³-hybridized carbons (Fsp3) is 0.200. The summed E-state index contributed by atoms with van der Waals surface area (Å²) in [6.07, 6.45) is 3.37. The molecule has 0 spiro atoms. The first-order valence-corrected chi connectivity index (χ1v) is 6.20. The van der Waals surface area contributed by atoms with Crippen LogP contribution < -0.4 is 10.1 Å². The highest BCUT2D eigenvalue weighted by Gasteiger charge is 2.13. The molecule has 0 aliphatic carbocycles. The number of para-hydroxylation sites is 1. The van der Waals surface area contributed by atoms with Gasteiger partial charge in [0.2, 0.25) is 0 Å². The van der Waals surface area contributed by atoms with Gasteiger partial charge in [-0.2, -0.15) is 14.0 Å². The third kappa shape index (κ3) is 4.05. The van der Waals surface area contributed by atoms with Gasteiger partial charge in [-0.05, 0) is 18.4 Å². The van der Waals surface area contributed by atoms with Crippen molar-refractivity contribution in [1.82, 2.24) is 5.32 Å². The predicted molar refractivity (Wildman–Crippen MR) is 67.4 cm³/mol. The summed E-state index contributed by atoms with van der Waals surface area (Å²) in [5, 5.41) is 11.1. The van der Waals surface area contributed by atoms with Gasteiger partial charge in [0, 0.05) is 0 Å². The first kappa shape index (κ1) is 14.5. The van der Waals surface area contributed by atoms with E-state index in [-0.39, 0.29) is 21.6 Å². The maximum atomic E-state index is 12.2. The van der Waals surface area contributed by atoms with Gasteiger partial charge in [-0.1, -0.05) is 29.4 Å². The minimum absolute atomic E-state index is 0.0222. The van der Waals surface area contributed by atoms with Gasteiger partial charge in [0.15, 0.2) is 17.1 Å². The molecule has 0 unspecified atom stereocenters. The van der Waals surface area contributed by atoms with Gasteiger partial charge < -0.3 is 4.74 Å². The maximum Gasteiger partial charge on any atom is 0.387 e. The molecule has 0 bridgehead atoms. The predicted octanol–water partition coefficient (Wildman–Crippen LogP) is 3.36. The van der Waals surface area contributed by atoms with Crippen LogP contribution in [-0.4, -0.2) is 18.0 Å². The second-order valence-corrected chi connectivity index (χ2v) is 4.03. The molecular formula is C10H8ClF2N3OS. The topological polar surface area (TPSA) is 57.4 Å². The summed E-state index contributed by atoms with van der Waals surface area (Å²) < 4.78 is 28.8. The Labute approximate surface area is 112 Å². The smallest absolute Gasteiger partial charge is 0.387 e. The Balaban J connectivity index is 3.15. The molecule has 0 amide bonds. The molecule has 96 valence electrons. The molecule has 1 aromatic carbocycles. The minimum atomic E-state index is -3.00. The molecular weight excluding hydrogens is 284 g/mol. The lowest BCUT2D eigenvalue weighted by Crippen LogP contribution is -2.12. The van der Waals surface area contributed by atoms with Crippen LogP contribution in [0.2, 0.25) is 5.02 Å². The lowest BCUT2D eigenvalue weighted by atomic mass is 10.3. The molecule has 0 aliphatic rings. The van der Waals surface area contributed by atoms with Crippen LogP contribution in [0.25, 0.3) is 0 Å². The molecule has 1 rings (SSSR count). The van der Waals surface area contributed by atoms with E-state index >= 15 is 0 Å². The Bertz CT molecular complexity index is 491. The number of nitriles is 1. The van der Waals surface area contributed by atoms with Crippen LogP contribution in [0, 0.1) is 11.5 Å². The van der Waals surface area contributed by atoms with E-state index in [2.05, 4.69) is 15.0 Å². The molecule has 0 aliphatic heterocycles. The van der Waals surface area contributed by atoms with Crippen molar-refractivity contribution in [2.45, 2.75) is 6.61 Å². The standard InChI is InChI=1S/C10H8ClF2N3OS/c1-18-10(15-5-14)16-7-4-2-3-6(11)8(7)17-9(12)13/h2-4,9H,1H3,(H,15,16). The van der Waals surface area contributed by atoms with Gasteiger partial charge in [0.1, 0.15) is 5.69 Å². The van der Waals surface area contributed by atoms with Crippen molar-refractivity contribution in [3.63, 3.8) is 0 Å². The van der Waals surface area contributed by atoms with Crippen LogP contribution in [0.5, 0.6) is 5.75 Å². The molecule has 0 heterocycles. The molecule has 4 nitrogen and oxygen atoms in total. The molecule has 0 saturated carbocycles. The van der Waals surface area contributed by atoms with E-state index in [0.29, 0.717) is 0 Å². The highest BCUT2D eigenvalue weighted by Crippen LogP contribution is 2.36. The number of nitrogens with zero attached hydrogens (tertiary/aromatic N) is 2. The first-order valence-electron chi connectivity index (χ1n) is 4.59. The summed E-state index contributed by atoms with van der Waals surface area (Å²) in [7, 11) is 0. The number of halogens is 3. The van der Waals surface area contributed by atoms with E-state index in [4.69, 9.17) is 16.9 Å². The van der Waals surface area contributed by atoms with E-state index in [0.717, 1.165) is 11.8 Å². The molecule has 0 aromatic heterocycles. The van der Waals surface area contributed by atoms with Crippen molar-refractivity contribution in [2.75, 3.05) is 6.26 Å². The highest BCUT2D eigenvalue weighted by atomic mass is 35.5. The van der Waals surface area contributed by atoms with Crippen molar-refractivity contribution < 1.29 is 13.5 Å². The number of hydrogen-bond donors (Lipinski definition) is 1. The molecule has 0 atom stereocenters. The van der Waals surface area contributed by atoms with E-state index < -0.39 is 6.61 Å². The van der Waals surface area contributed by atoms with E-state index in [1.807, 2.05) is 0 Å². The zero-order valence-electron chi connectivity index (χ0n) is 9.15. The summed E-state index contributed by atoms with van der Waals surface area (Å²) >= 11 is 6.91. The lowest BCUT2D eigenvalue weighted by Gasteiger charge is -2.09. The molecule has 1 aromatic rings. The second-order valence-electron chi connectivity index (χ2n) is 2.82. The zero-order valence-corrected chi connectivity index (χ0v) is 10.7. The molecule has 8 heteroatoms. The molecule has 18 heavy (non-hydrogen) atoms. The Hall–Kier alpha value is -1.52. The number of amidine groups is 1. The molecule has 1 N–H and O–H groups in total. The number of aliphatic imine (C=N–C) groups is 1. The number of thioether (sulfide) groups is 1. The normalized spacial score (nSPS) is 11.2. The number of benzene rings is 1. The number of hydrogen-bond acceptors (Lipinski definition) is 4. The maximum absolute atomic E-state index is 12.2. The number of rotatable bonds is 3. The van der Waals surface area contributed by atoms with Gasteiger partial charge in [0.25, 0.3) is 0 Å². The Kier molecular flexibility index (Phi) is 5.68. The van der Waals surface area contributed by atoms with Gasteiger partial charge in [-0.15, -0.1) is 0 Å². The van der Waals surface area contributed by atoms with Gasteiger partial charge >= 0.3 is 6.61 Å². The fourth-order valence-electron chi connectivity index (χ4n) is 1.07. The quantitative estimate of drug-likeness (QED) is 0.401. The summed E-state index contributed by atoms with van der Waals surface area (Å²) in [6, 6.07) is 4.41. The zero-order chi connectivity index (χ0) is 13.5. The number of alkyl halides is 2. The van der Waals surface area contributed by atoms with Crippen LogP contribution in [0.4, 0.5) is 14.5 Å². The summed E-state index contributed by atoms with van der Waals surface area (Å²) in [5.74, 6) is -0.222. The highest BCUT2D eigenvalue weighted by molar-refractivity contribution is 8.13. The monoisotopic (exact) mass is 291 g/mol. The number of nitrogens with one attached hydrogen (secondary N) is 1. The second kappa shape index (κ2) is 7.03. The van der Waals surface area contributed by atoms with Crippen LogP contribution >= 0.6 is 23.4 Å². The average Bonchev–Trinajstić information content (AvgIpc) is 2.32. The Morgan fingerprint density at radius 1 is 1.61 bits per heavy atom. The summed E-state index contributed by atoms with van der Waals surface area (Å²) in [6.45, 7) is -3.00. The summed E-state index contributed by atoms with van der Waals surface area (Å²) in [5.41, 5.74) is 0.120. The van der Waals surface area contributed by atoms with Crippen LogP contribution in [0.1, 0.15) is 0 Å². The van der Waals surface area contributed by atoms with E-state index in [1.165, 1.54) is 12.1 Å². The van der Waals surface area contributed by atoms with Crippen molar-refractivity contribution in [3.8, 4) is 11.9 Å². The van der Waals surface area contributed by atoms with Gasteiger partial charge in [-0.25, -0.2) is 4.99 Å². The van der Waals surface area contributed by atoms with Crippen molar-refractivity contribution in [3.05, 3.63) is 23.2 Å². The van der Waals surface area contributed by atoms with Crippen molar-refractivity contribution in [1.29, 1.82) is 5.26 Å². The summed E-state index contributed by atoms with van der Waals surface area (Å²) in [4.78, 5) is 3.98. The van der Waals surface area contributed by atoms with E-state index in [9.17, 15) is 8.78 Å². The average molecular weight is 292 g/mol. The third-order valence-electron chi connectivity index (χ3n) is 1.73. The van der Waals surface area contributed by atoms with Crippen LogP contribution in [0.3, 0.4) is 0 Å². The first-order chi connectivity index (χ1) is 8.58. The minimum Gasteiger partial charge on any atom is -0.431 e. The largest absolute Gasteiger partial charge is 0.431 e. The van der Waals surface area contributed by atoms with Gasteiger partial charge in [-0.3, -0.25) is 5.32 Å². The fourth-order valence-corrected chi connectivity index (χ4v) is 1.62. The SMILES string of the molecule is CSC(=Nc1cccc(Cl)c1OC(F)F)NC#N. The molecule has 0 fully saturated rings. The van der Waals surface area contributed by atoms with Crippen LogP contribution in [-0.2, 0) is 0 Å². The van der Waals surface area contributed by atoms with E-state index in [1.54, 1.807) is 18.5 Å². The van der Waals surface area contributed by atoms with Crippen molar-refractivity contribution >= 4 is 34.2 Å².